The Labute approximate surface area is 78.4 Å². The molecule has 0 saturated heterocycles. The fourth-order valence-electron chi connectivity index (χ4n) is 0.726. The highest BCUT2D eigenvalue weighted by Gasteiger charge is 1.87. The molecule has 0 unspecified atom stereocenters. The normalized spacial score (nSPS) is 9.00. The van der Waals surface area contributed by atoms with Gasteiger partial charge in [0.1, 0.15) is 0 Å². The van der Waals surface area contributed by atoms with Gasteiger partial charge in [-0.1, -0.05) is 18.2 Å². The lowest BCUT2D eigenvalue weighted by atomic mass is 10.3. The molecule has 4 nitrogen and oxygen atoms in total. The van der Waals surface area contributed by atoms with E-state index >= 15 is 0 Å². The first kappa shape index (κ1) is 12.2. The summed E-state index contributed by atoms with van der Waals surface area (Å²) in [5.74, 6) is 0. The highest BCUT2D eigenvalue weighted by molar-refractivity contribution is 7.30. The maximum Gasteiger partial charge on any atom is 0.314 e. The van der Waals surface area contributed by atoms with Gasteiger partial charge < -0.3 is 14.7 Å². The van der Waals surface area contributed by atoms with Crippen LogP contribution in [0.25, 0.3) is 0 Å². The SMILES string of the molecule is CN(C)c1ccccc1.O=[PH](O)O. The highest BCUT2D eigenvalue weighted by Crippen LogP contribution is 2.07. The summed E-state index contributed by atoms with van der Waals surface area (Å²) in [4.78, 5) is 16.4. The molecule has 0 aromatic heterocycles. The largest absolute Gasteiger partial charge is 0.378 e. The van der Waals surface area contributed by atoms with Crippen molar-refractivity contribution >= 4 is 13.9 Å². The lowest BCUT2D eigenvalue weighted by Gasteiger charge is -2.10. The molecule has 0 amide bonds. The van der Waals surface area contributed by atoms with Crippen LogP contribution in [-0.4, -0.2) is 23.9 Å². The summed E-state index contributed by atoms with van der Waals surface area (Å²) in [5.41, 5.74) is 1.25. The molecular weight excluding hydrogens is 189 g/mol. The number of nitrogens with zero attached hydrogens (tertiary/aromatic N) is 1. The Kier molecular flexibility index (Phi) is 6.24. The summed E-state index contributed by atoms with van der Waals surface area (Å²) in [6, 6.07) is 10.3. The molecule has 1 aromatic rings. The quantitative estimate of drug-likeness (QED) is 0.671. The maximum absolute atomic E-state index is 8.74. The van der Waals surface area contributed by atoms with Gasteiger partial charge in [-0.2, -0.15) is 0 Å². The van der Waals surface area contributed by atoms with Crippen LogP contribution >= 0.6 is 8.25 Å². The van der Waals surface area contributed by atoms with Gasteiger partial charge >= 0.3 is 8.25 Å². The van der Waals surface area contributed by atoms with Crippen LogP contribution in [0.1, 0.15) is 0 Å². The van der Waals surface area contributed by atoms with E-state index in [1.54, 1.807) is 0 Å². The first-order chi connectivity index (χ1) is 6.04. The zero-order chi connectivity index (χ0) is 10.3. The molecule has 1 rings (SSSR count). The highest BCUT2D eigenvalue weighted by atomic mass is 31.1. The second-order valence-corrected chi connectivity index (χ2v) is 3.08. The molecular formula is C8H14NO3P. The van der Waals surface area contributed by atoms with Crippen LogP contribution in [0.15, 0.2) is 30.3 Å². The number of anilines is 1. The minimum atomic E-state index is -3.13. The van der Waals surface area contributed by atoms with Gasteiger partial charge in [0.15, 0.2) is 0 Å². The monoisotopic (exact) mass is 203 g/mol. The second kappa shape index (κ2) is 6.66. The molecule has 0 radical (unpaired) electrons. The number of hydrogen-bond acceptors (Lipinski definition) is 2. The Morgan fingerprint density at radius 1 is 1.15 bits per heavy atom. The van der Waals surface area contributed by atoms with E-state index in [1.165, 1.54) is 5.69 Å². The first-order valence-electron chi connectivity index (χ1n) is 3.68. The van der Waals surface area contributed by atoms with Crippen molar-refractivity contribution in [3.63, 3.8) is 0 Å². The average Bonchev–Trinajstić information content (AvgIpc) is 2.05. The van der Waals surface area contributed by atoms with Gasteiger partial charge in [0.25, 0.3) is 0 Å². The summed E-state index contributed by atoms with van der Waals surface area (Å²) in [5, 5.41) is 0. The zero-order valence-corrected chi connectivity index (χ0v) is 8.64. The van der Waals surface area contributed by atoms with Gasteiger partial charge in [-0.3, -0.25) is 4.57 Å². The molecule has 2 N–H and O–H groups in total. The van der Waals surface area contributed by atoms with Crippen molar-refractivity contribution in [1.29, 1.82) is 0 Å². The van der Waals surface area contributed by atoms with Crippen LogP contribution < -0.4 is 4.90 Å². The van der Waals surface area contributed by atoms with E-state index in [0.29, 0.717) is 0 Å². The van der Waals surface area contributed by atoms with Crippen molar-refractivity contribution in [3.8, 4) is 0 Å². The Hall–Kier alpha value is -0.830. The summed E-state index contributed by atoms with van der Waals surface area (Å²) in [6.07, 6.45) is 0. The lowest BCUT2D eigenvalue weighted by Crippen LogP contribution is -2.07. The van der Waals surface area contributed by atoms with Gasteiger partial charge in [0.05, 0.1) is 0 Å². The van der Waals surface area contributed by atoms with Crippen molar-refractivity contribution < 1.29 is 14.4 Å². The molecule has 74 valence electrons. The minimum Gasteiger partial charge on any atom is -0.378 e. The second-order valence-electron chi connectivity index (χ2n) is 2.51. The third-order valence-electron chi connectivity index (χ3n) is 1.27. The molecule has 0 fully saturated rings. The summed E-state index contributed by atoms with van der Waals surface area (Å²) >= 11 is 0. The smallest absolute Gasteiger partial charge is 0.314 e. The molecule has 5 heteroatoms. The molecule has 0 aliphatic rings. The lowest BCUT2D eigenvalue weighted by molar-refractivity contribution is 0.405. The van der Waals surface area contributed by atoms with Gasteiger partial charge in [-0.05, 0) is 12.1 Å². The molecule has 0 bridgehead atoms. The molecule has 1 aromatic carbocycles. The van der Waals surface area contributed by atoms with E-state index in [2.05, 4.69) is 17.0 Å². The third-order valence-corrected chi connectivity index (χ3v) is 1.27. The van der Waals surface area contributed by atoms with E-state index in [9.17, 15) is 0 Å². The summed E-state index contributed by atoms with van der Waals surface area (Å²) < 4.78 is 8.74. The van der Waals surface area contributed by atoms with Crippen LogP contribution in [0.2, 0.25) is 0 Å². The Morgan fingerprint density at radius 2 is 1.54 bits per heavy atom. The molecule has 0 aliphatic heterocycles. The van der Waals surface area contributed by atoms with Crippen molar-refractivity contribution in [2.45, 2.75) is 0 Å². The Bertz CT molecular complexity index is 247. The van der Waals surface area contributed by atoms with E-state index in [4.69, 9.17) is 14.4 Å². The van der Waals surface area contributed by atoms with Gasteiger partial charge in [0.2, 0.25) is 0 Å². The maximum atomic E-state index is 8.74. The first-order valence-corrected chi connectivity index (χ1v) is 4.98. The van der Waals surface area contributed by atoms with Crippen LogP contribution in [0.4, 0.5) is 5.69 Å². The van der Waals surface area contributed by atoms with Crippen LogP contribution in [-0.2, 0) is 4.57 Å². The van der Waals surface area contributed by atoms with Crippen LogP contribution in [0.5, 0.6) is 0 Å². The van der Waals surface area contributed by atoms with Gasteiger partial charge in [-0.15, -0.1) is 0 Å². The third kappa shape index (κ3) is 7.53. The van der Waals surface area contributed by atoms with Gasteiger partial charge in [-0.25, -0.2) is 0 Å². The number of hydrogen-bond donors (Lipinski definition) is 2. The summed E-state index contributed by atoms with van der Waals surface area (Å²) in [6.45, 7) is 0. The summed E-state index contributed by atoms with van der Waals surface area (Å²) in [7, 11) is 0.944. The molecule has 0 spiro atoms. The molecule has 0 aliphatic carbocycles. The molecule has 13 heavy (non-hydrogen) atoms. The standard InChI is InChI=1S/C8H11N.H3O3P/c1-9(2)8-6-4-3-5-7-8;1-4(2)3/h3-7H,1-2H3;4H,(H2,1,2,3). The molecule has 0 saturated carbocycles. The van der Waals surface area contributed by atoms with E-state index in [-0.39, 0.29) is 0 Å². The molecule has 0 heterocycles. The van der Waals surface area contributed by atoms with Crippen molar-refractivity contribution in [2.24, 2.45) is 0 Å². The van der Waals surface area contributed by atoms with E-state index < -0.39 is 8.25 Å². The fourth-order valence-corrected chi connectivity index (χ4v) is 0.726. The van der Waals surface area contributed by atoms with Crippen molar-refractivity contribution in [3.05, 3.63) is 30.3 Å². The zero-order valence-electron chi connectivity index (χ0n) is 7.64. The minimum absolute atomic E-state index is 1.25. The number of para-hydroxylation sites is 1. The van der Waals surface area contributed by atoms with Crippen LogP contribution in [0, 0.1) is 0 Å². The number of rotatable bonds is 1. The van der Waals surface area contributed by atoms with E-state index in [1.807, 2.05) is 32.3 Å². The Morgan fingerprint density at radius 3 is 1.77 bits per heavy atom. The van der Waals surface area contributed by atoms with E-state index in [0.717, 1.165) is 0 Å². The Balaban J connectivity index is 0.000000310. The van der Waals surface area contributed by atoms with Crippen molar-refractivity contribution in [1.82, 2.24) is 0 Å². The topological polar surface area (TPSA) is 60.8 Å². The predicted molar refractivity (Wildman–Crippen MR) is 54.2 cm³/mol. The van der Waals surface area contributed by atoms with Crippen molar-refractivity contribution in [2.75, 3.05) is 19.0 Å². The average molecular weight is 203 g/mol. The predicted octanol–water partition coefficient (Wildman–Crippen LogP) is 1.11. The van der Waals surface area contributed by atoms with Gasteiger partial charge in [0, 0.05) is 19.8 Å². The fraction of sp³-hybridized carbons (Fsp3) is 0.250. The molecule has 0 atom stereocenters. The van der Waals surface area contributed by atoms with Crippen LogP contribution in [0.3, 0.4) is 0 Å². The number of benzene rings is 1.